The summed E-state index contributed by atoms with van der Waals surface area (Å²) in [4.78, 5) is 30.1. The Labute approximate surface area is 172 Å². The van der Waals surface area contributed by atoms with Crippen molar-refractivity contribution in [2.45, 2.75) is 6.54 Å². The van der Waals surface area contributed by atoms with Crippen molar-refractivity contribution >= 4 is 40.2 Å². The maximum atomic E-state index is 12.7. The van der Waals surface area contributed by atoms with E-state index in [2.05, 4.69) is 31.5 Å². The number of nitrogens with zero attached hydrogens (tertiary/aromatic N) is 7. The highest BCUT2D eigenvalue weighted by atomic mass is 16.2. The second kappa shape index (κ2) is 7.97. The number of hydrogen-bond acceptors (Lipinski definition) is 6. The highest BCUT2D eigenvalue weighted by Gasteiger charge is 2.22. The number of allylic oxidation sites excluding steroid dienone is 1. The molecule has 0 atom stereocenters. The summed E-state index contributed by atoms with van der Waals surface area (Å²) < 4.78 is 1.69. The lowest BCUT2D eigenvalue weighted by atomic mass is 10.1. The molecule has 4 rings (SSSR count). The van der Waals surface area contributed by atoms with E-state index in [0.717, 1.165) is 5.57 Å². The largest absolute Gasteiger partial charge is 0.383 e. The molecule has 148 valence electrons. The molecule has 1 aliphatic rings. The van der Waals surface area contributed by atoms with E-state index in [1.165, 1.54) is 11.2 Å². The molecule has 0 saturated heterocycles. The molecule has 0 unspecified atom stereocenters. The maximum Gasteiger partial charge on any atom is 0.256 e. The van der Waals surface area contributed by atoms with Gasteiger partial charge in [-0.1, -0.05) is 30.9 Å². The van der Waals surface area contributed by atoms with E-state index in [-0.39, 0.29) is 12.2 Å². The molecule has 2 N–H and O–H groups in total. The number of aromatic nitrogens is 4. The van der Waals surface area contributed by atoms with Gasteiger partial charge in [-0.2, -0.15) is 5.10 Å². The Morgan fingerprint density at radius 3 is 2.80 bits per heavy atom. The van der Waals surface area contributed by atoms with Crippen molar-refractivity contribution in [2.24, 2.45) is 4.99 Å². The first-order valence-electron chi connectivity index (χ1n) is 9.20. The molecule has 30 heavy (non-hydrogen) atoms. The van der Waals surface area contributed by atoms with Gasteiger partial charge in [0.2, 0.25) is 5.70 Å². The van der Waals surface area contributed by atoms with Gasteiger partial charge >= 0.3 is 0 Å². The van der Waals surface area contributed by atoms with Crippen LogP contribution in [0.1, 0.15) is 5.69 Å². The number of fused-ring (bicyclic) bond motifs is 1. The van der Waals surface area contributed by atoms with E-state index in [9.17, 15) is 4.79 Å². The van der Waals surface area contributed by atoms with Crippen molar-refractivity contribution in [3.8, 4) is 0 Å². The minimum atomic E-state index is -0.451. The van der Waals surface area contributed by atoms with Gasteiger partial charge in [0.05, 0.1) is 25.0 Å². The van der Waals surface area contributed by atoms with E-state index < -0.39 is 5.91 Å². The van der Waals surface area contributed by atoms with Gasteiger partial charge < -0.3 is 10.6 Å². The van der Waals surface area contributed by atoms with Crippen molar-refractivity contribution < 1.29 is 4.79 Å². The average Bonchev–Trinajstić information content (AvgIpc) is 3.43. The quantitative estimate of drug-likeness (QED) is 0.507. The minimum Gasteiger partial charge on any atom is -0.383 e. The lowest BCUT2D eigenvalue weighted by Crippen LogP contribution is -2.34. The normalized spacial score (nSPS) is 12.6. The topological polar surface area (TPSA) is 107 Å². The van der Waals surface area contributed by atoms with Crippen molar-refractivity contribution in [1.29, 1.82) is 0 Å². The van der Waals surface area contributed by atoms with Gasteiger partial charge in [0.1, 0.15) is 17.8 Å². The van der Waals surface area contributed by atoms with Crippen LogP contribution < -0.4 is 10.6 Å². The Kier molecular flexibility index (Phi) is 5.05. The number of anilines is 2. The van der Waals surface area contributed by atoms with Gasteiger partial charge in [0.25, 0.3) is 5.91 Å². The SMILES string of the molecule is [C-]#[N+]C(=C)C(=O)N(CCn1nc(C2=CCN=C2)c2c(N)ncnc21)c1ccccc1. The number of nitrogens with two attached hydrogens (primary N) is 1. The van der Waals surface area contributed by atoms with Crippen LogP contribution in [0.3, 0.4) is 0 Å². The molecular formula is C21H18N8O. The summed E-state index contributed by atoms with van der Waals surface area (Å²) in [6, 6.07) is 9.14. The maximum absolute atomic E-state index is 12.7. The smallest absolute Gasteiger partial charge is 0.256 e. The number of carbonyl (C=O) groups excluding carboxylic acids is 1. The highest BCUT2D eigenvalue weighted by molar-refractivity contribution is 6.16. The Morgan fingerprint density at radius 2 is 2.10 bits per heavy atom. The van der Waals surface area contributed by atoms with Crippen LogP contribution in [0.25, 0.3) is 21.5 Å². The van der Waals surface area contributed by atoms with Gasteiger partial charge in [-0.3, -0.25) is 9.79 Å². The first kappa shape index (κ1) is 19.0. The molecule has 0 bridgehead atoms. The molecule has 1 amide bonds. The first-order valence-corrected chi connectivity index (χ1v) is 9.20. The van der Waals surface area contributed by atoms with Crippen LogP contribution in [0.5, 0.6) is 0 Å². The Balaban J connectivity index is 1.70. The zero-order valence-corrected chi connectivity index (χ0v) is 16.1. The number of benzene rings is 1. The molecule has 3 heterocycles. The van der Waals surface area contributed by atoms with Gasteiger partial charge in [-0.25, -0.2) is 19.5 Å². The molecule has 2 aromatic heterocycles. The molecule has 0 aliphatic carbocycles. The second-order valence-electron chi connectivity index (χ2n) is 6.53. The number of hydrogen-bond donors (Lipinski definition) is 1. The van der Waals surface area contributed by atoms with Crippen molar-refractivity contribution in [3.05, 3.63) is 72.1 Å². The number of aliphatic imine (C=N–C) groups is 1. The van der Waals surface area contributed by atoms with Crippen LogP contribution in [0.2, 0.25) is 0 Å². The summed E-state index contributed by atoms with van der Waals surface area (Å²) in [6.45, 7) is 11.9. The van der Waals surface area contributed by atoms with Gasteiger partial charge in [0.15, 0.2) is 5.65 Å². The van der Waals surface area contributed by atoms with Crippen LogP contribution in [0.15, 0.2) is 60.0 Å². The van der Waals surface area contributed by atoms with Crippen molar-refractivity contribution in [1.82, 2.24) is 19.7 Å². The van der Waals surface area contributed by atoms with Crippen LogP contribution in [0.4, 0.5) is 11.5 Å². The molecule has 1 aliphatic heterocycles. The number of amides is 1. The molecule has 1 aromatic carbocycles. The third kappa shape index (κ3) is 3.42. The third-order valence-electron chi connectivity index (χ3n) is 4.71. The monoisotopic (exact) mass is 398 g/mol. The predicted octanol–water partition coefficient (Wildman–Crippen LogP) is 2.34. The molecule has 0 saturated carbocycles. The fourth-order valence-electron chi connectivity index (χ4n) is 3.26. The molecule has 0 radical (unpaired) electrons. The zero-order chi connectivity index (χ0) is 21.1. The third-order valence-corrected chi connectivity index (χ3v) is 4.71. The minimum absolute atomic E-state index is 0.149. The van der Waals surface area contributed by atoms with Gasteiger partial charge in [0, 0.05) is 24.0 Å². The fraction of sp³-hybridized carbons (Fsp3) is 0.143. The zero-order valence-electron chi connectivity index (χ0n) is 16.1. The van der Waals surface area contributed by atoms with Crippen LogP contribution in [-0.2, 0) is 11.3 Å². The number of nitrogen functional groups attached to an aromatic ring is 1. The van der Waals surface area contributed by atoms with E-state index in [1.807, 2.05) is 36.4 Å². The molecule has 9 heteroatoms. The molecule has 0 fully saturated rings. The lowest BCUT2D eigenvalue weighted by Gasteiger charge is -2.22. The van der Waals surface area contributed by atoms with E-state index in [4.69, 9.17) is 12.3 Å². The van der Waals surface area contributed by atoms with Gasteiger partial charge in [-0.05, 0) is 12.1 Å². The summed E-state index contributed by atoms with van der Waals surface area (Å²) in [6.07, 6.45) is 5.09. The Bertz CT molecular complexity index is 1230. The van der Waals surface area contributed by atoms with E-state index in [1.54, 1.807) is 10.9 Å². The molecule has 3 aromatic rings. The Hall–Kier alpha value is -4.32. The lowest BCUT2D eigenvalue weighted by molar-refractivity contribution is -0.114. The summed E-state index contributed by atoms with van der Waals surface area (Å²) in [5.74, 6) is -0.118. The van der Waals surface area contributed by atoms with Crippen molar-refractivity contribution in [3.63, 3.8) is 0 Å². The summed E-state index contributed by atoms with van der Waals surface area (Å²) in [5, 5.41) is 5.33. The molecular weight excluding hydrogens is 380 g/mol. The highest BCUT2D eigenvalue weighted by Crippen LogP contribution is 2.27. The summed E-state index contributed by atoms with van der Waals surface area (Å²) in [5.41, 5.74) is 8.72. The summed E-state index contributed by atoms with van der Waals surface area (Å²) >= 11 is 0. The van der Waals surface area contributed by atoms with Crippen LogP contribution >= 0.6 is 0 Å². The predicted molar refractivity (Wildman–Crippen MR) is 116 cm³/mol. The number of carbonyl (C=O) groups is 1. The van der Waals surface area contributed by atoms with E-state index in [0.29, 0.717) is 41.3 Å². The molecule has 0 spiro atoms. The fourth-order valence-corrected chi connectivity index (χ4v) is 3.26. The van der Waals surface area contributed by atoms with Gasteiger partial charge in [-0.15, -0.1) is 0 Å². The number of para-hydroxylation sites is 1. The average molecular weight is 398 g/mol. The second-order valence-corrected chi connectivity index (χ2v) is 6.53. The first-order chi connectivity index (χ1) is 14.6. The Morgan fingerprint density at radius 1 is 1.30 bits per heavy atom. The van der Waals surface area contributed by atoms with Crippen molar-refractivity contribution in [2.75, 3.05) is 23.7 Å². The number of rotatable bonds is 6. The standard InChI is InChI=1S/C21H18N8O/c1-14(23-2)21(30)28(16-6-4-3-5-7-16)10-11-29-20-17(19(22)25-13-26-20)18(27-29)15-8-9-24-12-15/h3-8,12-13H,1,9-11H2,(H2,22,25,26). The van der Waals surface area contributed by atoms with Crippen LogP contribution in [-0.4, -0.2) is 45.0 Å². The van der Waals surface area contributed by atoms with E-state index >= 15 is 0 Å². The molecule has 9 nitrogen and oxygen atoms in total. The van der Waals surface area contributed by atoms with Crippen LogP contribution in [0, 0.1) is 6.57 Å². The summed E-state index contributed by atoms with van der Waals surface area (Å²) in [7, 11) is 0.